The minimum atomic E-state index is -1.57. The van der Waals surface area contributed by atoms with Crippen molar-refractivity contribution in [3.8, 4) is 0 Å². The molecular formula is C27H28P3+. The zero-order valence-electron chi connectivity index (χ0n) is 17.6. The summed E-state index contributed by atoms with van der Waals surface area (Å²) in [6, 6.07) is 45.1. The van der Waals surface area contributed by atoms with Crippen LogP contribution in [0.4, 0.5) is 0 Å². The minimum Gasteiger partial charge on any atom is -0.0622 e. The molecule has 0 aromatic heterocycles. The van der Waals surface area contributed by atoms with Crippen molar-refractivity contribution in [2.75, 3.05) is 19.2 Å². The summed E-state index contributed by atoms with van der Waals surface area (Å²) in [7, 11) is -0.640. The molecule has 0 nitrogen and oxygen atoms in total. The summed E-state index contributed by atoms with van der Waals surface area (Å²) in [4.78, 5) is 0. The van der Waals surface area contributed by atoms with E-state index in [0.717, 1.165) is 0 Å². The maximum atomic E-state index is 2.49. The number of hydrogen-bond donors (Lipinski definition) is 0. The van der Waals surface area contributed by atoms with Crippen molar-refractivity contribution in [1.82, 2.24) is 0 Å². The topological polar surface area (TPSA) is 0 Å². The van der Waals surface area contributed by atoms with Gasteiger partial charge in [0, 0.05) is 0 Å². The molecule has 0 spiro atoms. The summed E-state index contributed by atoms with van der Waals surface area (Å²) >= 11 is 0. The van der Waals surface area contributed by atoms with E-state index in [1.165, 1.54) is 16.5 Å². The Bertz CT molecular complexity index is 953. The molecule has 150 valence electrons. The van der Waals surface area contributed by atoms with E-state index in [0.29, 0.717) is 0 Å². The number of rotatable bonds is 7. The van der Waals surface area contributed by atoms with Crippen LogP contribution in [0.2, 0.25) is 0 Å². The van der Waals surface area contributed by atoms with Gasteiger partial charge in [-0.1, -0.05) is 97.1 Å². The Labute approximate surface area is 184 Å². The Morgan fingerprint density at radius 3 is 1.17 bits per heavy atom. The van der Waals surface area contributed by atoms with E-state index in [9.17, 15) is 0 Å². The van der Waals surface area contributed by atoms with Crippen LogP contribution in [0.15, 0.2) is 121 Å². The Kier molecular flexibility index (Phi) is 7.12. The van der Waals surface area contributed by atoms with E-state index >= 15 is 0 Å². The highest BCUT2D eigenvalue weighted by atomic mass is 32.1. The molecular weight excluding hydrogens is 417 g/mol. The van der Waals surface area contributed by atoms with Gasteiger partial charge >= 0.3 is 0 Å². The molecule has 0 bridgehead atoms. The second-order valence-electron chi connectivity index (χ2n) is 7.53. The molecule has 0 N–H and O–H groups in total. The van der Waals surface area contributed by atoms with Crippen LogP contribution in [-0.4, -0.2) is 19.2 Å². The van der Waals surface area contributed by atoms with Crippen molar-refractivity contribution in [1.29, 1.82) is 0 Å². The van der Waals surface area contributed by atoms with E-state index in [1.54, 1.807) is 10.6 Å². The van der Waals surface area contributed by atoms with Gasteiger partial charge in [0.05, 0.1) is 13.5 Å². The van der Waals surface area contributed by atoms with Gasteiger partial charge in [-0.3, -0.25) is 0 Å². The van der Waals surface area contributed by atoms with E-state index < -0.39 is 14.9 Å². The van der Waals surface area contributed by atoms with Gasteiger partial charge in [-0.15, -0.1) is 0 Å². The average Bonchev–Trinajstić information content (AvgIpc) is 2.82. The van der Waals surface area contributed by atoms with Gasteiger partial charge in [0.15, 0.2) is 0 Å². The molecule has 4 rings (SSSR count). The highest BCUT2D eigenvalue weighted by molar-refractivity contribution is 8.46. The van der Waals surface area contributed by atoms with Gasteiger partial charge in [-0.2, -0.15) is 0 Å². The molecule has 0 amide bonds. The van der Waals surface area contributed by atoms with Crippen molar-refractivity contribution in [3.05, 3.63) is 121 Å². The molecule has 0 aliphatic carbocycles. The quantitative estimate of drug-likeness (QED) is 0.289. The standard InChI is InChI=1S/C27H28P3/c1-28(2)30(26-19-11-5-12-20-26,27-21-13-6-14-22-27)23-29(24-15-7-3-8-16-24)25-17-9-4-10-18-25/h3-22H,23H2,1-2H3/q+1. The summed E-state index contributed by atoms with van der Waals surface area (Å²) in [6.45, 7) is 3.42. The van der Waals surface area contributed by atoms with Crippen molar-refractivity contribution >= 4 is 43.7 Å². The lowest BCUT2D eigenvalue weighted by Gasteiger charge is -2.34. The third kappa shape index (κ3) is 4.43. The van der Waals surface area contributed by atoms with Crippen LogP contribution < -0.4 is 21.2 Å². The largest absolute Gasteiger partial charge is 0.102 e. The monoisotopic (exact) mass is 445 g/mol. The van der Waals surface area contributed by atoms with Crippen LogP contribution in [0.5, 0.6) is 0 Å². The van der Waals surface area contributed by atoms with Crippen molar-refractivity contribution < 1.29 is 0 Å². The summed E-state index contributed by atoms with van der Waals surface area (Å²) in [6.07, 6.45) is 0. The van der Waals surface area contributed by atoms with E-state index in [-0.39, 0.29) is 7.61 Å². The number of hydrogen-bond acceptors (Lipinski definition) is 0. The molecule has 0 aliphatic rings. The lowest BCUT2D eigenvalue weighted by atomic mass is 10.4. The predicted molar refractivity (Wildman–Crippen MR) is 142 cm³/mol. The average molecular weight is 445 g/mol. The normalized spacial score (nSPS) is 11.7. The molecule has 3 heteroatoms. The first-order valence-electron chi connectivity index (χ1n) is 10.3. The van der Waals surface area contributed by atoms with Crippen LogP contribution in [0.25, 0.3) is 0 Å². The number of benzene rings is 4. The second kappa shape index (κ2) is 9.98. The van der Waals surface area contributed by atoms with Gasteiger partial charge in [0.1, 0.15) is 17.6 Å². The van der Waals surface area contributed by atoms with E-state index in [1.807, 2.05) is 0 Å². The molecule has 0 aliphatic heterocycles. The maximum Gasteiger partial charge on any atom is 0.102 e. The third-order valence-electron chi connectivity index (χ3n) is 5.53. The van der Waals surface area contributed by atoms with Gasteiger partial charge < -0.3 is 0 Å². The Balaban J connectivity index is 1.92. The summed E-state index contributed by atoms with van der Waals surface area (Å²) < 4.78 is 0. The molecule has 0 radical (unpaired) electrons. The van der Waals surface area contributed by atoms with Gasteiger partial charge in [0.25, 0.3) is 0 Å². The Morgan fingerprint density at radius 2 is 0.833 bits per heavy atom. The summed E-state index contributed by atoms with van der Waals surface area (Å²) in [5, 5.41) is 6.05. The van der Waals surface area contributed by atoms with Crippen molar-refractivity contribution in [2.45, 2.75) is 0 Å². The second-order valence-corrected chi connectivity index (χ2v) is 19.3. The zero-order valence-corrected chi connectivity index (χ0v) is 20.3. The SMILES string of the molecule is CP(C)[P+](CP(c1ccccc1)c1ccccc1)(c1ccccc1)c1ccccc1. The third-order valence-corrected chi connectivity index (χ3v) is 20.4. The minimum absolute atomic E-state index is 0.187. The first-order chi connectivity index (χ1) is 14.7. The fourth-order valence-corrected chi connectivity index (χ4v) is 20.1. The fourth-order valence-electron chi connectivity index (χ4n) is 3.98. The van der Waals surface area contributed by atoms with Crippen LogP contribution >= 0.6 is 22.5 Å². The highest BCUT2D eigenvalue weighted by Gasteiger charge is 2.48. The smallest absolute Gasteiger partial charge is 0.0622 e. The molecule has 0 saturated carbocycles. The lowest BCUT2D eigenvalue weighted by molar-refractivity contribution is 1.73. The molecule has 0 fully saturated rings. The molecule has 0 saturated heterocycles. The van der Waals surface area contributed by atoms with Gasteiger partial charge in [0.2, 0.25) is 0 Å². The van der Waals surface area contributed by atoms with Crippen LogP contribution in [0, 0.1) is 0 Å². The molecule has 0 atom stereocenters. The zero-order chi connectivity index (χ0) is 20.8. The van der Waals surface area contributed by atoms with Crippen LogP contribution in [0.1, 0.15) is 0 Å². The molecule has 30 heavy (non-hydrogen) atoms. The molecule has 0 unspecified atom stereocenters. The van der Waals surface area contributed by atoms with E-state index in [2.05, 4.69) is 135 Å². The highest BCUT2D eigenvalue weighted by Crippen LogP contribution is 2.82. The summed E-state index contributed by atoms with van der Waals surface area (Å²) in [5.74, 6) is 1.23. The predicted octanol–water partition coefficient (Wildman–Crippen LogP) is 6.40. The Hall–Kier alpha value is -1.83. The molecule has 0 heterocycles. The van der Waals surface area contributed by atoms with Gasteiger partial charge in [-0.25, -0.2) is 0 Å². The lowest BCUT2D eigenvalue weighted by Crippen LogP contribution is -2.26. The van der Waals surface area contributed by atoms with Gasteiger partial charge in [-0.05, 0) is 56.1 Å². The maximum absolute atomic E-state index is 2.49. The van der Waals surface area contributed by atoms with E-state index in [4.69, 9.17) is 0 Å². The Morgan fingerprint density at radius 1 is 0.500 bits per heavy atom. The fraction of sp³-hybridized carbons (Fsp3) is 0.111. The first-order valence-corrected chi connectivity index (χ1v) is 16.7. The molecule has 4 aromatic carbocycles. The van der Waals surface area contributed by atoms with Crippen molar-refractivity contribution in [3.63, 3.8) is 0 Å². The van der Waals surface area contributed by atoms with Crippen LogP contribution in [0.3, 0.4) is 0 Å². The summed E-state index contributed by atoms with van der Waals surface area (Å²) in [5.41, 5.74) is 0. The van der Waals surface area contributed by atoms with Crippen LogP contribution in [-0.2, 0) is 0 Å². The molecule has 4 aromatic rings. The van der Waals surface area contributed by atoms with Crippen molar-refractivity contribution in [2.24, 2.45) is 0 Å². The first kappa shape index (κ1) is 21.4.